The number of hydrogen-bond acceptors (Lipinski definition) is 4. The summed E-state index contributed by atoms with van der Waals surface area (Å²) in [4.78, 5) is 8.50. The highest BCUT2D eigenvalue weighted by molar-refractivity contribution is 6.08. The molecule has 0 aliphatic carbocycles. The van der Waals surface area contributed by atoms with Crippen LogP contribution in [0.4, 0.5) is 0 Å². The maximum Gasteiger partial charge on any atom is 0.121 e. The third kappa shape index (κ3) is 7.38. The quantitative estimate of drug-likeness (QED) is 0.275. The molecule has 0 unspecified atom stereocenters. The first-order valence-electron chi connectivity index (χ1n) is 12.9. The second kappa shape index (κ2) is 13.5. The van der Waals surface area contributed by atoms with Crippen LogP contribution in [0, 0.1) is 0 Å². The maximum absolute atomic E-state index is 6.11. The Morgan fingerprint density at radius 1 is 0.576 bits per heavy atom. The Kier molecular flexibility index (Phi) is 10.4. The van der Waals surface area contributed by atoms with E-state index in [1.54, 1.807) is 0 Å². The zero-order valence-corrected chi connectivity index (χ0v) is 21.2. The summed E-state index contributed by atoms with van der Waals surface area (Å²) in [5, 5.41) is 2.41. The number of benzene rings is 2. The molecule has 0 amide bonds. The summed E-state index contributed by atoms with van der Waals surface area (Å²) in [6.45, 7) is 16.9. The molecule has 1 N–H and O–H groups in total. The van der Waals surface area contributed by atoms with Gasteiger partial charge >= 0.3 is 0 Å². The van der Waals surface area contributed by atoms with Gasteiger partial charge in [-0.2, -0.15) is 0 Å². The van der Waals surface area contributed by atoms with Crippen molar-refractivity contribution < 1.29 is 9.47 Å². The fourth-order valence-corrected chi connectivity index (χ4v) is 4.56. The lowest BCUT2D eigenvalue weighted by Gasteiger charge is -2.20. The van der Waals surface area contributed by atoms with E-state index in [0.29, 0.717) is 0 Å². The zero-order chi connectivity index (χ0) is 23.5. The van der Waals surface area contributed by atoms with E-state index in [4.69, 9.17) is 9.47 Å². The minimum atomic E-state index is 0.719. The number of fused-ring (bicyclic) bond motifs is 3. The molecule has 1 aromatic heterocycles. The number of aromatic amines is 1. The molecule has 0 bridgehead atoms. The molecule has 5 heteroatoms. The maximum atomic E-state index is 6.11. The van der Waals surface area contributed by atoms with Gasteiger partial charge in [-0.3, -0.25) is 9.80 Å². The molecule has 33 heavy (non-hydrogen) atoms. The third-order valence-electron chi connectivity index (χ3n) is 6.05. The van der Waals surface area contributed by atoms with Crippen molar-refractivity contribution in [1.82, 2.24) is 14.8 Å². The summed E-state index contributed by atoms with van der Waals surface area (Å²) in [6, 6.07) is 12.7. The fraction of sp³-hybridized carbons (Fsp3) is 0.571. The molecule has 0 aliphatic rings. The van der Waals surface area contributed by atoms with Crippen molar-refractivity contribution in [1.29, 1.82) is 0 Å². The van der Waals surface area contributed by atoms with Crippen LogP contribution in [-0.2, 0) is 0 Å². The minimum Gasteiger partial charge on any atom is -0.492 e. The molecular weight excluding hydrogens is 410 g/mol. The van der Waals surface area contributed by atoms with E-state index >= 15 is 0 Å². The van der Waals surface area contributed by atoms with Gasteiger partial charge in [-0.05, 0) is 82.2 Å². The largest absolute Gasteiger partial charge is 0.492 e. The van der Waals surface area contributed by atoms with E-state index in [0.717, 1.165) is 75.0 Å². The van der Waals surface area contributed by atoms with Gasteiger partial charge in [0.25, 0.3) is 0 Å². The van der Waals surface area contributed by atoms with E-state index in [1.165, 1.54) is 36.5 Å². The molecule has 0 aliphatic heterocycles. The normalized spacial score (nSPS) is 11.8. The Bertz CT molecular complexity index is 956. The minimum absolute atomic E-state index is 0.719. The molecule has 0 saturated heterocycles. The van der Waals surface area contributed by atoms with Gasteiger partial charge in [-0.25, -0.2) is 0 Å². The van der Waals surface area contributed by atoms with E-state index in [9.17, 15) is 0 Å². The molecule has 1 heterocycles. The summed E-state index contributed by atoms with van der Waals surface area (Å²) in [5.74, 6) is 1.86. The highest BCUT2D eigenvalue weighted by Gasteiger charge is 2.09. The summed E-state index contributed by atoms with van der Waals surface area (Å²) < 4.78 is 12.2. The van der Waals surface area contributed by atoms with E-state index in [1.807, 2.05) is 0 Å². The van der Waals surface area contributed by atoms with Crippen LogP contribution in [0.1, 0.15) is 53.4 Å². The monoisotopic (exact) mass is 453 g/mol. The van der Waals surface area contributed by atoms with Crippen LogP contribution in [0.15, 0.2) is 36.4 Å². The van der Waals surface area contributed by atoms with Crippen LogP contribution >= 0.6 is 0 Å². The van der Waals surface area contributed by atoms with Crippen molar-refractivity contribution in [3.05, 3.63) is 36.4 Å². The van der Waals surface area contributed by atoms with Gasteiger partial charge in [0.2, 0.25) is 0 Å². The number of H-pyrrole nitrogens is 1. The molecule has 3 rings (SSSR count). The first-order chi connectivity index (χ1) is 16.2. The van der Waals surface area contributed by atoms with E-state index in [-0.39, 0.29) is 0 Å². The van der Waals surface area contributed by atoms with E-state index in [2.05, 4.69) is 78.9 Å². The van der Waals surface area contributed by atoms with Crippen molar-refractivity contribution in [3.63, 3.8) is 0 Å². The van der Waals surface area contributed by atoms with Crippen molar-refractivity contribution in [2.75, 3.05) is 52.5 Å². The molecule has 182 valence electrons. The van der Waals surface area contributed by atoms with Crippen LogP contribution in [0.3, 0.4) is 0 Å². The zero-order valence-electron chi connectivity index (χ0n) is 21.2. The SMILES string of the molecule is CCCN(CCC)CCOc1ccc2c(c1)[nH]c1ccc(OCCN(CCC)CCC)cc12. The van der Waals surface area contributed by atoms with Crippen molar-refractivity contribution in [2.45, 2.75) is 53.4 Å². The van der Waals surface area contributed by atoms with Gasteiger partial charge in [-0.1, -0.05) is 27.7 Å². The first kappa shape index (κ1) is 25.4. The lowest BCUT2D eigenvalue weighted by Crippen LogP contribution is -2.30. The van der Waals surface area contributed by atoms with Crippen LogP contribution in [0.25, 0.3) is 21.8 Å². The van der Waals surface area contributed by atoms with Crippen LogP contribution in [0.2, 0.25) is 0 Å². The molecule has 2 aromatic carbocycles. The van der Waals surface area contributed by atoms with Crippen molar-refractivity contribution >= 4 is 21.8 Å². The average molecular weight is 454 g/mol. The highest BCUT2D eigenvalue weighted by Crippen LogP contribution is 2.31. The Morgan fingerprint density at radius 2 is 1.09 bits per heavy atom. The summed E-state index contributed by atoms with van der Waals surface area (Å²) >= 11 is 0. The summed E-state index contributed by atoms with van der Waals surface area (Å²) in [6.07, 6.45) is 4.73. The Hall–Kier alpha value is -2.24. The molecule has 0 radical (unpaired) electrons. The lowest BCUT2D eigenvalue weighted by molar-refractivity contribution is 0.209. The van der Waals surface area contributed by atoms with Gasteiger partial charge in [-0.15, -0.1) is 0 Å². The second-order valence-electron chi connectivity index (χ2n) is 8.92. The first-order valence-corrected chi connectivity index (χ1v) is 12.9. The van der Waals surface area contributed by atoms with Crippen LogP contribution in [0.5, 0.6) is 11.5 Å². The van der Waals surface area contributed by atoms with Gasteiger partial charge in [0.1, 0.15) is 24.7 Å². The molecular formula is C28H43N3O2. The Balaban J connectivity index is 1.62. The molecule has 0 spiro atoms. The smallest absolute Gasteiger partial charge is 0.121 e. The standard InChI is InChI=1S/C28H43N3O2/c1-5-13-30(14-6-2)17-19-32-23-10-12-27-26(21-23)25-11-9-24(22-28(25)29-27)33-20-18-31(15-7-3)16-8-4/h9-12,21-22,29H,5-8,13-20H2,1-4H3. The van der Waals surface area contributed by atoms with Gasteiger partial charge in [0.15, 0.2) is 0 Å². The van der Waals surface area contributed by atoms with Crippen LogP contribution in [-0.4, -0.2) is 67.3 Å². The van der Waals surface area contributed by atoms with Crippen molar-refractivity contribution in [3.8, 4) is 11.5 Å². The lowest BCUT2D eigenvalue weighted by atomic mass is 10.1. The highest BCUT2D eigenvalue weighted by atomic mass is 16.5. The van der Waals surface area contributed by atoms with Gasteiger partial charge in [0, 0.05) is 35.4 Å². The molecule has 0 fully saturated rings. The number of aromatic nitrogens is 1. The summed E-state index contributed by atoms with van der Waals surface area (Å²) in [7, 11) is 0. The fourth-order valence-electron chi connectivity index (χ4n) is 4.56. The van der Waals surface area contributed by atoms with Gasteiger partial charge in [0.05, 0.1) is 5.52 Å². The number of hydrogen-bond donors (Lipinski definition) is 1. The van der Waals surface area contributed by atoms with Crippen molar-refractivity contribution in [2.24, 2.45) is 0 Å². The Labute approximate surface area is 200 Å². The number of nitrogens with one attached hydrogen (secondary N) is 1. The third-order valence-corrected chi connectivity index (χ3v) is 6.05. The predicted molar refractivity (Wildman–Crippen MR) is 141 cm³/mol. The number of nitrogens with zero attached hydrogens (tertiary/aromatic N) is 2. The number of rotatable bonds is 16. The van der Waals surface area contributed by atoms with E-state index < -0.39 is 0 Å². The molecule has 0 atom stereocenters. The molecule has 5 nitrogen and oxygen atoms in total. The molecule has 0 saturated carbocycles. The van der Waals surface area contributed by atoms with Crippen LogP contribution < -0.4 is 9.47 Å². The second-order valence-corrected chi connectivity index (χ2v) is 8.92. The topological polar surface area (TPSA) is 40.7 Å². The summed E-state index contributed by atoms with van der Waals surface area (Å²) in [5.41, 5.74) is 2.24. The number of ether oxygens (including phenoxy) is 2. The Morgan fingerprint density at radius 3 is 1.64 bits per heavy atom. The predicted octanol–water partition coefficient (Wildman–Crippen LogP) is 6.32. The molecule has 3 aromatic rings. The average Bonchev–Trinajstić information content (AvgIpc) is 3.17. The van der Waals surface area contributed by atoms with Gasteiger partial charge < -0.3 is 14.5 Å².